The largest absolute Gasteiger partial charge is 0.392 e. The zero-order valence-corrected chi connectivity index (χ0v) is 26.2. The second kappa shape index (κ2) is 28.9. The molecule has 40 heavy (non-hydrogen) atoms. The van der Waals surface area contributed by atoms with Gasteiger partial charge in [-0.15, -0.1) is 0 Å². The molecule has 10 heteroatoms. The summed E-state index contributed by atoms with van der Waals surface area (Å²) in [5.41, 5.74) is 6.06. The second-order valence-electron chi connectivity index (χ2n) is 9.22. The fourth-order valence-corrected chi connectivity index (χ4v) is 2.92. The molecular weight excluding hydrogens is 510 g/mol. The van der Waals surface area contributed by atoms with E-state index in [2.05, 4.69) is 42.0 Å². The third kappa shape index (κ3) is 25.2. The lowest BCUT2D eigenvalue weighted by atomic mass is 10.0. The number of hydrogen-bond acceptors (Lipinski definition) is 5. The summed E-state index contributed by atoms with van der Waals surface area (Å²) in [6, 6.07) is 5.66. The second-order valence-corrected chi connectivity index (χ2v) is 9.22. The van der Waals surface area contributed by atoms with Crippen LogP contribution in [0.5, 0.6) is 0 Å². The molecular formula is C30H57N5O5. The number of anilines is 1. The molecule has 7 N–H and O–H groups in total. The van der Waals surface area contributed by atoms with Crippen molar-refractivity contribution in [2.75, 3.05) is 18.4 Å². The van der Waals surface area contributed by atoms with Gasteiger partial charge in [-0.1, -0.05) is 93.2 Å². The van der Waals surface area contributed by atoms with Gasteiger partial charge >= 0.3 is 6.03 Å². The van der Waals surface area contributed by atoms with Crippen LogP contribution in [0.3, 0.4) is 0 Å². The van der Waals surface area contributed by atoms with Crippen LogP contribution < -0.4 is 27.0 Å². The molecule has 1 aromatic rings. The molecule has 10 nitrogen and oxygen atoms in total. The Morgan fingerprint density at radius 3 is 1.85 bits per heavy atom. The molecule has 0 bridgehead atoms. The molecule has 5 amide bonds. The molecule has 1 unspecified atom stereocenters. The van der Waals surface area contributed by atoms with E-state index in [1.807, 2.05) is 34.6 Å². The van der Waals surface area contributed by atoms with Crippen molar-refractivity contribution in [3.05, 3.63) is 29.8 Å². The van der Waals surface area contributed by atoms with Gasteiger partial charge in [0.1, 0.15) is 6.04 Å². The molecule has 0 aliphatic rings. The van der Waals surface area contributed by atoms with E-state index >= 15 is 0 Å². The number of aliphatic hydroxyl groups excluding tert-OH is 1. The monoisotopic (exact) mass is 567 g/mol. The molecule has 0 spiro atoms. The average molecular weight is 568 g/mol. The van der Waals surface area contributed by atoms with E-state index < -0.39 is 12.1 Å². The van der Waals surface area contributed by atoms with Gasteiger partial charge in [0.25, 0.3) is 0 Å². The third-order valence-corrected chi connectivity index (χ3v) is 4.92. The molecule has 232 valence electrons. The predicted molar refractivity (Wildman–Crippen MR) is 165 cm³/mol. The number of nitrogens with one attached hydrogen (secondary N) is 4. The number of benzene rings is 1. The standard InChI is InChI=1S/C21H33N3O4.C4H10N2O.C3H8.C2H6/c1-4-5-6-7-8-18(26)24-20(15(2)3)21(28)22-13-19(27)23-17-11-9-16(14-25)10-12-17;1-2-3-6-4(5)7;1-3-2;1-2/h9-12,15,20,25H,4-8,13-14H2,1-3H3,(H,22,28)(H,23,27)(H,24,26);2-3H2,1H3,(H3,5,6,7);3H2,1-2H3;1-2H3. The molecule has 0 heterocycles. The van der Waals surface area contributed by atoms with Crippen molar-refractivity contribution in [3.8, 4) is 0 Å². The molecule has 0 aromatic heterocycles. The van der Waals surface area contributed by atoms with Gasteiger partial charge in [-0.2, -0.15) is 0 Å². The van der Waals surface area contributed by atoms with E-state index in [4.69, 9.17) is 10.8 Å². The van der Waals surface area contributed by atoms with Gasteiger partial charge in [-0.3, -0.25) is 14.4 Å². The summed E-state index contributed by atoms with van der Waals surface area (Å²) in [5.74, 6) is -0.965. The van der Waals surface area contributed by atoms with Crippen LogP contribution in [0.15, 0.2) is 24.3 Å². The summed E-state index contributed by atoms with van der Waals surface area (Å²) >= 11 is 0. The number of primary amides is 1. The number of carbonyl (C=O) groups excluding carboxylic acids is 4. The number of urea groups is 1. The van der Waals surface area contributed by atoms with Crippen molar-refractivity contribution >= 4 is 29.4 Å². The Bertz CT molecular complexity index is 785. The lowest BCUT2D eigenvalue weighted by Gasteiger charge is -2.21. The minimum atomic E-state index is -0.671. The number of unbranched alkanes of at least 4 members (excludes halogenated alkanes) is 3. The van der Waals surface area contributed by atoms with Crippen molar-refractivity contribution < 1.29 is 24.3 Å². The summed E-state index contributed by atoms with van der Waals surface area (Å²) < 4.78 is 0. The van der Waals surface area contributed by atoms with Crippen molar-refractivity contribution in [2.24, 2.45) is 11.7 Å². The molecule has 1 aromatic carbocycles. The first-order valence-corrected chi connectivity index (χ1v) is 14.7. The number of aliphatic hydroxyl groups is 1. The van der Waals surface area contributed by atoms with Crippen LogP contribution in [0.4, 0.5) is 10.5 Å². The lowest BCUT2D eigenvalue weighted by molar-refractivity contribution is -0.130. The molecule has 0 aliphatic carbocycles. The average Bonchev–Trinajstić information content (AvgIpc) is 2.93. The van der Waals surface area contributed by atoms with E-state index in [-0.39, 0.29) is 36.8 Å². The maximum atomic E-state index is 12.4. The Balaban J connectivity index is -0.000000960. The van der Waals surface area contributed by atoms with Gasteiger partial charge in [-0.05, 0) is 36.5 Å². The highest BCUT2D eigenvalue weighted by Crippen LogP contribution is 2.09. The summed E-state index contributed by atoms with van der Waals surface area (Å²) in [6.07, 6.45) is 6.60. The van der Waals surface area contributed by atoms with Crippen molar-refractivity contribution in [1.29, 1.82) is 0 Å². The van der Waals surface area contributed by atoms with Crippen molar-refractivity contribution in [3.63, 3.8) is 0 Å². The van der Waals surface area contributed by atoms with Crippen LogP contribution in [-0.4, -0.2) is 48.0 Å². The molecule has 0 fully saturated rings. The summed E-state index contributed by atoms with van der Waals surface area (Å²) in [5, 5.41) is 19.5. The third-order valence-electron chi connectivity index (χ3n) is 4.92. The Labute approximate surface area is 242 Å². The molecule has 1 rings (SSSR count). The van der Waals surface area contributed by atoms with Gasteiger partial charge in [0.15, 0.2) is 0 Å². The smallest absolute Gasteiger partial charge is 0.312 e. The fraction of sp³-hybridized carbons (Fsp3) is 0.667. The van der Waals surface area contributed by atoms with E-state index in [1.165, 1.54) is 6.42 Å². The van der Waals surface area contributed by atoms with Crippen molar-refractivity contribution in [2.45, 2.75) is 113 Å². The highest BCUT2D eigenvalue weighted by molar-refractivity contribution is 5.96. The first kappa shape index (κ1) is 41.3. The molecule has 0 saturated heterocycles. The number of rotatable bonds is 14. The Hall–Kier alpha value is -3.14. The quantitative estimate of drug-likeness (QED) is 0.177. The van der Waals surface area contributed by atoms with Crippen LogP contribution in [0.25, 0.3) is 0 Å². The maximum Gasteiger partial charge on any atom is 0.312 e. The fourth-order valence-electron chi connectivity index (χ4n) is 2.92. The van der Waals surface area contributed by atoms with Crippen LogP contribution >= 0.6 is 0 Å². The summed E-state index contributed by atoms with van der Waals surface area (Å²) in [6.45, 7) is 16.5. The van der Waals surface area contributed by atoms with Gasteiger partial charge < -0.3 is 32.1 Å². The molecule has 0 aliphatic heterocycles. The number of amides is 5. The summed E-state index contributed by atoms with van der Waals surface area (Å²) in [4.78, 5) is 46.4. The predicted octanol–water partition coefficient (Wildman–Crippen LogP) is 4.85. The highest BCUT2D eigenvalue weighted by atomic mass is 16.3. The normalized spacial score (nSPS) is 10.2. The number of hydrogen-bond donors (Lipinski definition) is 6. The van der Waals surface area contributed by atoms with Crippen LogP contribution in [-0.2, 0) is 21.0 Å². The van der Waals surface area contributed by atoms with Gasteiger partial charge in [0.2, 0.25) is 17.7 Å². The Morgan fingerprint density at radius 1 is 0.850 bits per heavy atom. The minimum Gasteiger partial charge on any atom is -0.392 e. The Morgan fingerprint density at radius 2 is 1.43 bits per heavy atom. The van der Waals surface area contributed by atoms with Gasteiger partial charge in [-0.25, -0.2) is 4.79 Å². The van der Waals surface area contributed by atoms with Gasteiger partial charge in [0.05, 0.1) is 13.2 Å². The maximum absolute atomic E-state index is 12.4. The van der Waals surface area contributed by atoms with E-state index in [0.29, 0.717) is 18.7 Å². The Kier molecular flexibility index (Phi) is 29.8. The molecule has 0 radical (unpaired) electrons. The number of nitrogens with two attached hydrogens (primary N) is 1. The SMILES string of the molecule is CC.CCC.CCCCCCC(=O)NC(C(=O)NCC(=O)Nc1ccc(CO)cc1)C(C)C.CCCNC(N)=O. The van der Waals surface area contributed by atoms with E-state index in [0.717, 1.165) is 37.7 Å². The minimum absolute atomic E-state index is 0.0643. The van der Waals surface area contributed by atoms with E-state index in [9.17, 15) is 19.2 Å². The first-order chi connectivity index (χ1) is 19.1. The number of carbonyl (C=O) groups is 4. The van der Waals surface area contributed by atoms with E-state index in [1.54, 1.807) is 24.3 Å². The summed E-state index contributed by atoms with van der Waals surface area (Å²) in [7, 11) is 0. The van der Waals surface area contributed by atoms with Gasteiger partial charge in [0, 0.05) is 18.7 Å². The lowest BCUT2D eigenvalue weighted by Crippen LogP contribution is -2.51. The zero-order valence-electron chi connectivity index (χ0n) is 26.2. The molecule has 0 saturated carbocycles. The highest BCUT2D eigenvalue weighted by Gasteiger charge is 2.24. The van der Waals surface area contributed by atoms with Crippen LogP contribution in [0, 0.1) is 5.92 Å². The topological polar surface area (TPSA) is 163 Å². The van der Waals surface area contributed by atoms with Crippen molar-refractivity contribution in [1.82, 2.24) is 16.0 Å². The van der Waals surface area contributed by atoms with Crippen LogP contribution in [0.2, 0.25) is 0 Å². The first-order valence-electron chi connectivity index (χ1n) is 14.7. The molecule has 1 atom stereocenters. The zero-order chi connectivity index (χ0) is 31.3. The van der Waals surface area contributed by atoms with Crippen LogP contribution in [0.1, 0.15) is 106 Å².